The van der Waals surface area contributed by atoms with Crippen LogP contribution >= 0.6 is 0 Å². The highest BCUT2D eigenvalue weighted by molar-refractivity contribution is 5.83. The number of hydrogen-bond acceptors (Lipinski definition) is 4. The fourth-order valence-corrected chi connectivity index (χ4v) is 1.65. The van der Waals surface area contributed by atoms with Gasteiger partial charge in [-0.2, -0.15) is 0 Å². The Balaban J connectivity index is 3.08. The average molecular weight is 219 g/mol. The van der Waals surface area contributed by atoms with Crippen LogP contribution in [0.1, 0.15) is 22.4 Å². The molecule has 0 saturated heterocycles. The van der Waals surface area contributed by atoms with Gasteiger partial charge in [0, 0.05) is 5.69 Å². The molecular formula is C12H13NO3. The molecule has 0 amide bonds. The van der Waals surface area contributed by atoms with Gasteiger partial charge in [-0.3, -0.25) is 0 Å². The molecule has 0 aliphatic carbocycles. The van der Waals surface area contributed by atoms with Gasteiger partial charge in [0.1, 0.15) is 5.52 Å². The lowest BCUT2D eigenvalue weighted by Gasteiger charge is -2.09. The van der Waals surface area contributed by atoms with Gasteiger partial charge in [0.05, 0.1) is 5.56 Å². The van der Waals surface area contributed by atoms with Crippen LogP contribution in [0.15, 0.2) is 9.21 Å². The van der Waals surface area contributed by atoms with Gasteiger partial charge < -0.3 is 9.52 Å². The number of hydrogen-bond donors (Lipinski definition) is 1. The van der Waals surface area contributed by atoms with E-state index >= 15 is 0 Å². The maximum atomic E-state index is 11.4. The summed E-state index contributed by atoms with van der Waals surface area (Å²) in [5, 5.41) is 9.86. The third-order valence-electron chi connectivity index (χ3n) is 3.02. The normalized spacial score (nSPS) is 11.0. The van der Waals surface area contributed by atoms with Crippen molar-refractivity contribution < 1.29 is 9.52 Å². The maximum absolute atomic E-state index is 11.4. The van der Waals surface area contributed by atoms with E-state index in [0.29, 0.717) is 11.1 Å². The molecule has 0 saturated carbocycles. The fraction of sp³-hybridized carbons (Fsp3) is 0.333. The number of rotatable bonds is 0. The summed E-state index contributed by atoms with van der Waals surface area (Å²) in [5.74, 6) is -0.0857. The SMILES string of the molecule is Cc1nc2c(O)c(C)c(=O)oc2c(C)c1C. The number of nitrogens with zero attached hydrogens (tertiary/aromatic N) is 1. The van der Waals surface area contributed by atoms with Gasteiger partial charge in [-0.05, 0) is 38.8 Å². The largest absolute Gasteiger partial charge is 0.505 e. The lowest BCUT2D eigenvalue weighted by Crippen LogP contribution is -2.06. The summed E-state index contributed by atoms with van der Waals surface area (Å²) >= 11 is 0. The van der Waals surface area contributed by atoms with Crippen LogP contribution in [0.3, 0.4) is 0 Å². The Labute approximate surface area is 92.6 Å². The van der Waals surface area contributed by atoms with Crippen LogP contribution in [0.5, 0.6) is 5.75 Å². The Kier molecular flexibility index (Phi) is 2.22. The minimum absolute atomic E-state index is 0.0857. The molecule has 0 spiro atoms. The van der Waals surface area contributed by atoms with E-state index in [2.05, 4.69) is 4.98 Å². The molecular weight excluding hydrogens is 206 g/mol. The first kappa shape index (κ1) is 10.7. The zero-order valence-corrected chi connectivity index (χ0v) is 9.71. The van der Waals surface area contributed by atoms with E-state index in [-0.39, 0.29) is 11.3 Å². The minimum atomic E-state index is -0.516. The monoisotopic (exact) mass is 219 g/mol. The van der Waals surface area contributed by atoms with Gasteiger partial charge in [-0.15, -0.1) is 0 Å². The highest BCUT2D eigenvalue weighted by Gasteiger charge is 2.15. The molecule has 0 aliphatic rings. The molecule has 0 atom stereocenters. The standard InChI is InChI=1S/C12H13NO3/c1-5-6(2)11-9(13-8(5)4)10(14)7(3)12(15)16-11/h14H,1-4H3. The number of aromatic nitrogens is 1. The summed E-state index contributed by atoms with van der Waals surface area (Å²) in [6.45, 7) is 7.15. The first-order valence-corrected chi connectivity index (χ1v) is 5.03. The van der Waals surface area contributed by atoms with E-state index in [4.69, 9.17) is 4.42 Å². The summed E-state index contributed by atoms with van der Waals surface area (Å²) in [6.07, 6.45) is 0. The van der Waals surface area contributed by atoms with Gasteiger partial charge in [0.15, 0.2) is 11.3 Å². The predicted octanol–water partition coefficient (Wildman–Crippen LogP) is 2.13. The van der Waals surface area contributed by atoms with Crippen molar-refractivity contribution in [1.29, 1.82) is 0 Å². The Hall–Kier alpha value is -1.84. The zero-order chi connectivity index (χ0) is 12.0. The minimum Gasteiger partial charge on any atom is -0.505 e. The van der Waals surface area contributed by atoms with Gasteiger partial charge in [-0.25, -0.2) is 9.78 Å². The molecule has 2 aromatic heterocycles. The summed E-state index contributed by atoms with van der Waals surface area (Å²) in [5.41, 5.74) is 3.05. The highest BCUT2D eigenvalue weighted by Crippen LogP contribution is 2.28. The number of aryl methyl sites for hydroxylation is 2. The van der Waals surface area contributed by atoms with Crippen LogP contribution in [0.25, 0.3) is 11.1 Å². The van der Waals surface area contributed by atoms with Crippen LogP contribution in [-0.4, -0.2) is 10.1 Å². The lowest BCUT2D eigenvalue weighted by atomic mass is 10.1. The molecule has 2 heterocycles. The summed E-state index contributed by atoms with van der Waals surface area (Å²) in [7, 11) is 0. The van der Waals surface area contributed by atoms with Crippen molar-refractivity contribution in [1.82, 2.24) is 4.98 Å². The van der Waals surface area contributed by atoms with Crippen LogP contribution in [0, 0.1) is 27.7 Å². The van der Waals surface area contributed by atoms with Crippen LogP contribution < -0.4 is 5.63 Å². The summed E-state index contributed by atoms with van der Waals surface area (Å²) < 4.78 is 5.16. The van der Waals surface area contributed by atoms with Gasteiger partial charge in [0.2, 0.25) is 0 Å². The third kappa shape index (κ3) is 1.30. The molecule has 2 aromatic rings. The Morgan fingerprint density at radius 1 is 1.06 bits per heavy atom. The Morgan fingerprint density at radius 2 is 1.69 bits per heavy atom. The highest BCUT2D eigenvalue weighted by atomic mass is 16.4. The van der Waals surface area contributed by atoms with Gasteiger partial charge >= 0.3 is 5.63 Å². The smallest absolute Gasteiger partial charge is 0.343 e. The van der Waals surface area contributed by atoms with E-state index in [0.717, 1.165) is 16.8 Å². The summed E-state index contributed by atoms with van der Waals surface area (Å²) in [4.78, 5) is 15.7. The van der Waals surface area contributed by atoms with Crippen LogP contribution in [0.2, 0.25) is 0 Å². The first-order valence-electron chi connectivity index (χ1n) is 5.03. The van der Waals surface area contributed by atoms with Crippen molar-refractivity contribution in [2.45, 2.75) is 27.7 Å². The van der Waals surface area contributed by atoms with Gasteiger partial charge in [0.25, 0.3) is 0 Å². The molecule has 0 unspecified atom stereocenters. The average Bonchev–Trinajstić information content (AvgIpc) is 2.25. The van der Waals surface area contributed by atoms with Crippen molar-refractivity contribution in [3.8, 4) is 5.75 Å². The third-order valence-corrected chi connectivity index (χ3v) is 3.02. The van der Waals surface area contributed by atoms with E-state index in [1.54, 1.807) is 0 Å². The summed E-state index contributed by atoms with van der Waals surface area (Å²) in [6, 6.07) is 0. The first-order chi connectivity index (χ1) is 7.43. The van der Waals surface area contributed by atoms with E-state index in [1.807, 2.05) is 20.8 Å². The fourth-order valence-electron chi connectivity index (χ4n) is 1.65. The van der Waals surface area contributed by atoms with Gasteiger partial charge in [-0.1, -0.05) is 0 Å². The molecule has 4 nitrogen and oxygen atoms in total. The molecule has 0 fully saturated rings. The second-order valence-corrected chi connectivity index (χ2v) is 3.99. The van der Waals surface area contributed by atoms with E-state index < -0.39 is 5.63 Å². The second kappa shape index (κ2) is 3.33. The quantitative estimate of drug-likeness (QED) is 0.737. The van der Waals surface area contributed by atoms with Crippen molar-refractivity contribution in [3.63, 3.8) is 0 Å². The van der Waals surface area contributed by atoms with Crippen molar-refractivity contribution in [2.75, 3.05) is 0 Å². The van der Waals surface area contributed by atoms with E-state index in [9.17, 15) is 9.90 Å². The topological polar surface area (TPSA) is 63.3 Å². The number of aromatic hydroxyl groups is 1. The second-order valence-electron chi connectivity index (χ2n) is 3.99. The maximum Gasteiger partial charge on any atom is 0.343 e. The predicted molar refractivity (Wildman–Crippen MR) is 60.9 cm³/mol. The molecule has 0 bridgehead atoms. The van der Waals surface area contributed by atoms with Crippen molar-refractivity contribution >= 4 is 11.1 Å². The molecule has 0 aromatic carbocycles. The molecule has 16 heavy (non-hydrogen) atoms. The molecule has 0 radical (unpaired) electrons. The lowest BCUT2D eigenvalue weighted by molar-refractivity contribution is 0.459. The van der Waals surface area contributed by atoms with Crippen molar-refractivity contribution in [3.05, 3.63) is 32.8 Å². The molecule has 0 aliphatic heterocycles. The zero-order valence-electron chi connectivity index (χ0n) is 9.71. The Morgan fingerprint density at radius 3 is 2.31 bits per heavy atom. The number of pyridine rings is 1. The number of fused-ring (bicyclic) bond motifs is 1. The molecule has 1 N–H and O–H groups in total. The molecule has 84 valence electrons. The molecule has 4 heteroatoms. The van der Waals surface area contributed by atoms with Crippen molar-refractivity contribution in [2.24, 2.45) is 0 Å². The Bertz CT molecular complexity index is 641. The van der Waals surface area contributed by atoms with E-state index in [1.165, 1.54) is 6.92 Å². The molecule has 2 rings (SSSR count). The van der Waals surface area contributed by atoms with Crippen LogP contribution in [-0.2, 0) is 0 Å². The van der Waals surface area contributed by atoms with Crippen LogP contribution in [0.4, 0.5) is 0 Å².